The number of para-hydroxylation sites is 1. The van der Waals surface area contributed by atoms with Crippen LogP contribution in [0, 0.1) is 0 Å². The van der Waals surface area contributed by atoms with E-state index in [0.717, 1.165) is 5.56 Å². The molecule has 0 saturated carbocycles. The van der Waals surface area contributed by atoms with Crippen molar-refractivity contribution < 1.29 is 16.8 Å². The highest BCUT2D eigenvalue weighted by Crippen LogP contribution is 2.29. The SMILES string of the molecule is O=S(=O)(NCCS(=O)(=O)N1CCc2ccccc21)c1cccc(Cl)c1. The molecule has 0 aliphatic carbocycles. The van der Waals surface area contributed by atoms with Gasteiger partial charge in [-0.15, -0.1) is 0 Å². The van der Waals surface area contributed by atoms with Gasteiger partial charge >= 0.3 is 0 Å². The van der Waals surface area contributed by atoms with Crippen LogP contribution in [-0.4, -0.2) is 35.7 Å². The number of hydrogen-bond donors (Lipinski definition) is 1. The second-order valence-electron chi connectivity index (χ2n) is 5.62. The van der Waals surface area contributed by atoms with Crippen molar-refractivity contribution in [1.29, 1.82) is 0 Å². The topological polar surface area (TPSA) is 83.5 Å². The first kappa shape index (κ1) is 18.2. The van der Waals surface area contributed by atoms with Crippen LogP contribution in [0.15, 0.2) is 53.4 Å². The Bertz CT molecular complexity index is 991. The molecule has 0 atom stereocenters. The lowest BCUT2D eigenvalue weighted by Crippen LogP contribution is -2.36. The number of anilines is 1. The number of hydrogen-bond acceptors (Lipinski definition) is 4. The molecule has 0 spiro atoms. The normalized spacial score (nSPS) is 14.5. The quantitative estimate of drug-likeness (QED) is 0.803. The van der Waals surface area contributed by atoms with Gasteiger partial charge in [-0.25, -0.2) is 21.6 Å². The lowest BCUT2D eigenvalue weighted by Gasteiger charge is -2.19. The number of sulfonamides is 2. The van der Waals surface area contributed by atoms with Gasteiger partial charge in [0.05, 0.1) is 16.3 Å². The molecule has 0 saturated heterocycles. The Labute approximate surface area is 152 Å². The summed E-state index contributed by atoms with van der Waals surface area (Å²) < 4.78 is 53.2. The molecule has 6 nitrogen and oxygen atoms in total. The number of rotatable bonds is 6. The van der Waals surface area contributed by atoms with Crippen LogP contribution >= 0.6 is 11.6 Å². The van der Waals surface area contributed by atoms with Crippen molar-refractivity contribution in [1.82, 2.24) is 4.72 Å². The minimum Gasteiger partial charge on any atom is -0.270 e. The number of nitrogens with one attached hydrogen (secondary N) is 1. The summed E-state index contributed by atoms with van der Waals surface area (Å²) in [5, 5.41) is 0.296. The van der Waals surface area contributed by atoms with Crippen molar-refractivity contribution in [2.45, 2.75) is 11.3 Å². The summed E-state index contributed by atoms with van der Waals surface area (Å²) in [6.45, 7) is 0.165. The van der Waals surface area contributed by atoms with E-state index in [4.69, 9.17) is 11.6 Å². The van der Waals surface area contributed by atoms with Gasteiger partial charge in [0.1, 0.15) is 0 Å². The standard InChI is InChI=1S/C16H17ClN2O4S2/c17-14-5-3-6-15(12-14)25(22,23)18-9-11-24(20,21)19-10-8-13-4-1-2-7-16(13)19/h1-7,12,18H,8-11H2. The van der Waals surface area contributed by atoms with Crippen LogP contribution in [-0.2, 0) is 26.5 Å². The molecular weight excluding hydrogens is 384 g/mol. The van der Waals surface area contributed by atoms with E-state index in [9.17, 15) is 16.8 Å². The zero-order chi connectivity index (χ0) is 18.1. The van der Waals surface area contributed by atoms with E-state index in [0.29, 0.717) is 23.7 Å². The predicted octanol–water partition coefficient (Wildman–Crippen LogP) is 2.01. The summed E-state index contributed by atoms with van der Waals surface area (Å²) in [4.78, 5) is 0.00363. The van der Waals surface area contributed by atoms with Gasteiger partial charge in [-0.05, 0) is 36.2 Å². The second-order valence-corrected chi connectivity index (χ2v) is 9.84. The van der Waals surface area contributed by atoms with Crippen LogP contribution in [0.5, 0.6) is 0 Å². The van der Waals surface area contributed by atoms with Gasteiger partial charge in [-0.1, -0.05) is 35.9 Å². The molecule has 9 heteroatoms. The average Bonchev–Trinajstić information content (AvgIpc) is 2.99. The lowest BCUT2D eigenvalue weighted by atomic mass is 10.2. The summed E-state index contributed by atoms with van der Waals surface area (Å²) in [6, 6.07) is 13.1. The van der Waals surface area contributed by atoms with Gasteiger partial charge in [0.15, 0.2) is 0 Å². The molecule has 0 unspecified atom stereocenters. The molecule has 0 bridgehead atoms. The molecule has 1 N–H and O–H groups in total. The molecule has 0 radical (unpaired) electrons. The number of fused-ring (bicyclic) bond motifs is 1. The highest BCUT2D eigenvalue weighted by molar-refractivity contribution is 7.93. The van der Waals surface area contributed by atoms with Crippen LogP contribution in [0.2, 0.25) is 5.02 Å². The predicted molar refractivity (Wildman–Crippen MR) is 97.9 cm³/mol. The zero-order valence-electron chi connectivity index (χ0n) is 13.2. The Hall–Kier alpha value is -1.61. The molecule has 134 valence electrons. The molecule has 2 aromatic carbocycles. The van der Waals surface area contributed by atoms with Crippen LogP contribution in [0.4, 0.5) is 5.69 Å². The van der Waals surface area contributed by atoms with E-state index >= 15 is 0 Å². The van der Waals surface area contributed by atoms with E-state index in [1.807, 2.05) is 12.1 Å². The molecule has 25 heavy (non-hydrogen) atoms. The van der Waals surface area contributed by atoms with E-state index < -0.39 is 20.0 Å². The van der Waals surface area contributed by atoms with Gasteiger partial charge in [0, 0.05) is 18.1 Å². The Morgan fingerprint density at radius 1 is 1.04 bits per heavy atom. The molecule has 3 rings (SSSR count). The molecule has 0 amide bonds. The Balaban J connectivity index is 1.68. The third-order valence-corrected chi connectivity index (χ3v) is 7.40. The monoisotopic (exact) mass is 400 g/mol. The minimum absolute atomic E-state index is 0.00363. The lowest BCUT2D eigenvalue weighted by molar-refractivity contribution is 0.580. The maximum atomic E-state index is 12.5. The molecule has 1 aliphatic heterocycles. The number of benzene rings is 2. The van der Waals surface area contributed by atoms with Crippen molar-refractivity contribution >= 4 is 37.3 Å². The maximum Gasteiger partial charge on any atom is 0.240 e. The van der Waals surface area contributed by atoms with Crippen molar-refractivity contribution in [3.05, 3.63) is 59.1 Å². The highest BCUT2D eigenvalue weighted by atomic mass is 35.5. The van der Waals surface area contributed by atoms with Crippen LogP contribution in [0.3, 0.4) is 0 Å². The fourth-order valence-corrected chi connectivity index (χ4v) is 5.62. The van der Waals surface area contributed by atoms with Gasteiger partial charge < -0.3 is 0 Å². The first-order valence-corrected chi connectivity index (χ1v) is 11.1. The van der Waals surface area contributed by atoms with E-state index in [1.54, 1.807) is 18.2 Å². The van der Waals surface area contributed by atoms with Gasteiger partial charge in [-0.2, -0.15) is 0 Å². The zero-order valence-corrected chi connectivity index (χ0v) is 15.6. The summed E-state index contributed by atoms with van der Waals surface area (Å²) in [5.74, 6) is -0.318. The minimum atomic E-state index is -3.81. The largest absolute Gasteiger partial charge is 0.270 e. The van der Waals surface area contributed by atoms with Gasteiger partial charge in [-0.3, -0.25) is 4.31 Å². The smallest absolute Gasteiger partial charge is 0.240 e. The molecule has 2 aromatic rings. The van der Waals surface area contributed by atoms with Crippen molar-refractivity contribution in [3.63, 3.8) is 0 Å². The average molecular weight is 401 g/mol. The summed E-state index contributed by atoms with van der Waals surface area (Å²) in [5.41, 5.74) is 1.64. The second kappa shape index (κ2) is 6.95. The maximum absolute atomic E-state index is 12.5. The molecule has 0 fully saturated rings. The van der Waals surface area contributed by atoms with E-state index in [-0.39, 0.29) is 17.2 Å². The highest BCUT2D eigenvalue weighted by Gasteiger charge is 2.29. The Morgan fingerprint density at radius 3 is 2.56 bits per heavy atom. The molecule has 1 aliphatic rings. The van der Waals surface area contributed by atoms with Gasteiger partial charge in [0.2, 0.25) is 20.0 Å². The first-order chi connectivity index (χ1) is 11.8. The Kier molecular flexibility index (Phi) is 5.06. The molecule has 0 aromatic heterocycles. The summed E-state index contributed by atoms with van der Waals surface area (Å²) in [7, 11) is -7.41. The van der Waals surface area contributed by atoms with Crippen LogP contribution < -0.4 is 9.03 Å². The van der Waals surface area contributed by atoms with Crippen molar-refractivity contribution in [3.8, 4) is 0 Å². The number of halogens is 1. The third-order valence-electron chi connectivity index (χ3n) is 3.94. The fourth-order valence-electron chi connectivity index (χ4n) is 2.73. The molecule has 1 heterocycles. The third kappa shape index (κ3) is 3.98. The van der Waals surface area contributed by atoms with E-state index in [1.165, 1.54) is 22.5 Å². The van der Waals surface area contributed by atoms with E-state index in [2.05, 4.69) is 4.72 Å². The van der Waals surface area contributed by atoms with Crippen molar-refractivity contribution in [2.24, 2.45) is 0 Å². The van der Waals surface area contributed by atoms with Crippen LogP contribution in [0.25, 0.3) is 0 Å². The van der Waals surface area contributed by atoms with Crippen LogP contribution in [0.1, 0.15) is 5.56 Å². The Morgan fingerprint density at radius 2 is 1.80 bits per heavy atom. The summed E-state index contributed by atoms with van der Waals surface area (Å²) in [6.07, 6.45) is 0.656. The van der Waals surface area contributed by atoms with Crippen molar-refractivity contribution in [2.75, 3.05) is 23.1 Å². The summed E-state index contributed by atoms with van der Waals surface area (Å²) >= 11 is 5.80. The fraction of sp³-hybridized carbons (Fsp3) is 0.250. The van der Waals surface area contributed by atoms with Gasteiger partial charge in [0.25, 0.3) is 0 Å². The number of nitrogens with zero attached hydrogens (tertiary/aromatic N) is 1. The first-order valence-electron chi connectivity index (χ1n) is 7.63. The molecular formula is C16H17ClN2O4S2.